The molecule has 0 spiro atoms. The third-order valence-electron chi connectivity index (χ3n) is 3.09. The molecule has 0 heterocycles. The topological polar surface area (TPSA) is 58.6 Å². The summed E-state index contributed by atoms with van der Waals surface area (Å²) in [5, 5.41) is 2.88. The van der Waals surface area contributed by atoms with Crippen LogP contribution in [0.1, 0.15) is 18.9 Å². The molecule has 1 amide bonds. The third kappa shape index (κ3) is 5.40. The minimum atomic E-state index is -0.261. The number of benzene rings is 1. The highest BCUT2D eigenvalue weighted by atomic mass is 16.5. The number of methoxy groups -OCH3 is 1. The zero-order chi connectivity index (χ0) is 15.0. The summed E-state index contributed by atoms with van der Waals surface area (Å²) < 4.78 is 4.60. The third-order valence-corrected chi connectivity index (χ3v) is 3.09. The number of likely N-dealkylation sites (N-methyl/N-ethyl adjacent to an activating group) is 1. The maximum absolute atomic E-state index is 12.0. The van der Waals surface area contributed by atoms with Crippen LogP contribution >= 0.6 is 0 Å². The average molecular weight is 278 g/mol. The Kier molecular flexibility index (Phi) is 6.73. The number of ether oxygens (including phenoxy) is 1. The normalized spacial score (nSPS) is 10.4. The van der Waals surface area contributed by atoms with Crippen LogP contribution in [-0.4, -0.2) is 43.5 Å². The molecule has 0 aliphatic rings. The first-order valence-corrected chi connectivity index (χ1v) is 6.71. The van der Waals surface area contributed by atoms with E-state index in [-0.39, 0.29) is 18.4 Å². The van der Waals surface area contributed by atoms with Gasteiger partial charge in [0, 0.05) is 12.2 Å². The number of nitrogens with one attached hydrogen (secondary N) is 1. The zero-order valence-corrected chi connectivity index (χ0v) is 12.3. The van der Waals surface area contributed by atoms with Gasteiger partial charge in [0.15, 0.2) is 0 Å². The molecule has 110 valence electrons. The van der Waals surface area contributed by atoms with Crippen molar-refractivity contribution in [1.82, 2.24) is 4.90 Å². The predicted molar refractivity (Wildman–Crippen MR) is 78.6 cm³/mol. The molecule has 0 fully saturated rings. The Morgan fingerprint density at radius 3 is 2.60 bits per heavy atom. The highest BCUT2D eigenvalue weighted by Crippen LogP contribution is 2.12. The van der Waals surface area contributed by atoms with Crippen LogP contribution in [0.15, 0.2) is 24.3 Å². The molecule has 0 aliphatic carbocycles. The molecule has 5 heteroatoms. The lowest BCUT2D eigenvalue weighted by Crippen LogP contribution is -2.34. The minimum Gasteiger partial charge on any atom is -0.469 e. The molecule has 1 aromatic rings. The fourth-order valence-electron chi connectivity index (χ4n) is 1.81. The monoisotopic (exact) mass is 278 g/mol. The quantitative estimate of drug-likeness (QED) is 0.773. The van der Waals surface area contributed by atoms with Crippen molar-refractivity contribution in [2.24, 2.45) is 0 Å². The summed E-state index contributed by atoms with van der Waals surface area (Å²) in [5.74, 6) is -0.339. The Morgan fingerprint density at radius 2 is 2.00 bits per heavy atom. The van der Waals surface area contributed by atoms with Crippen molar-refractivity contribution in [3.05, 3.63) is 29.8 Å². The van der Waals surface area contributed by atoms with E-state index >= 15 is 0 Å². The lowest BCUT2D eigenvalue weighted by Gasteiger charge is -2.19. The summed E-state index contributed by atoms with van der Waals surface area (Å²) in [5.41, 5.74) is 1.85. The number of para-hydroxylation sites is 1. The van der Waals surface area contributed by atoms with E-state index in [0.717, 1.165) is 11.3 Å². The van der Waals surface area contributed by atoms with Crippen LogP contribution in [0.4, 0.5) is 5.69 Å². The van der Waals surface area contributed by atoms with E-state index in [0.29, 0.717) is 19.5 Å². The van der Waals surface area contributed by atoms with Crippen LogP contribution in [0.5, 0.6) is 0 Å². The molecule has 0 saturated heterocycles. The molecule has 20 heavy (non-hydrogen) atoms. The molecule has 0 atom stereocenters. The van der Waals surface area contributed by atoms with Gasteiger partial charge in [-0.2, -0.15) is 0 Å². The van der Waals surface area contributed by atoms with Crippen LogP contribution in [0.3, 0.4) is 0 Å². The fraction of sp³-hybridized carbons (Fsp3) is 0.467. The van der Waals surface area contributed by atoms with Crippen molar-refractivity contribution >= 4 is 17.6 Å². The Bertz CT molecular complexity index is 460. The minimum absolute atomic E-state index is 0.0778. The van der Waals surface area contributed by atoms with Crippen LogP contribution < -0.4 is 5.32 Å². The van der Waals surface area contributed by atoms with Gasteiger partial charge < -0.3 is 10.1 Å². The first kappa shape index (κ1) is 16.2. The van der Waals surface area contributed by atoms with Gasteiger partial charge in [-0.05, 0) is 25.1 Å². The van der Waals surface area contributed by atoms with E-state index in [9.17, 15) is 9.59 Å². The highest BCUT2D eigenvalue weighted by molar-refractivity contribution is 5.92. The van der Waals surface area contributed by atoms with Gasteiger partial charge in [-0.25, -0.2) is 0 Å². The van der Waals surface area contributed by atoms with Crippen molar-refractivity contribution in [3.63, 3.8) is 0 Å². The molecular weight excluding hydrogens is 256 g/mol. The molecule has 0 radical (unpaired) electrons. The summed E-state index contributed by atoms with van der Waals surface area (Å²) >= 11 is 0. The van der Waals surface area contributed by atoms with Crippen molar-refractivity contribution < 1.29 is 14.3 Å². The Morgan fingerprint density at radius 1 is 1.30 bits per heavy atom. The molecule has 5 nitrogen and oxygen atoms in total. The number of esters is 1. The summed E-state index contributed by atoms with van der Waals surface area (Å²) in [7, 11) is 1.36. The van der Waals surface area contributed by atoms with Crippen molar-refractivity contribution in [2.45, 2.75) is 20.3 Å². The van der Waals surface area contributed by atoms with E-state index < -0.39 is 0 Å². The molecule has 0 unspecified atom stereocenters. The SMILES string of the molecule is CCN(CCC(=O)OC)CC(=O)Nc1ccccc1C. The van der Waals surface area contributed by atoms with E-state index in [1.165, 1.54) is 7.11 Å². The van der Waals surface area contributed by atoms with Gasteiger partial charge in [0.1, 0.15) is 0 Å². The molecule has 1 N–H and O–H groups in total. The maximum Gasteiger partial charge on any atom is 0.306 e. The van der Waals surface area contributed by atoms with Crippen molar-refractivity contribution in [1.29, 1.82) is 0 Å². The second-order valence-corrected chi connectivity index (χ2v) is 4.56. The van der Waals surface area contributed by atoms with Gasteiger partial charge in [-0.3, -0.25) is 14.5 Å². The number of rotatable bonds is 7. The van der Waals surface area contributed by atoms with Crippen LogP contribution in [0.2, 0.25) is 0 Å². The maximum atomic E-state index is 12.0. The van der Waals surface area contributed by atoms with Crippen LogP contribution in [0, 0.1) is 6.92 Å². The van der Waals surface area contributed by atoms with Crippen molar-refractivity contribution in [2.75, 3.05) is 32.1 Å². The summed E-state index contributed by atoms with van der Waals surface area (Å²) in [6.45, 7) is 5.40. The van der Waals surface area contributed by atoms with E-state index in [1.807, 2.05) is 43.0 Å². The average Bonchev–Trinajstić information content (AvgIpc) is 2.45. The lowest BCUT2D eigenvalue weighted by atomic mass is 10.2. The second-order valence-electron chi connectivity index (χ2n) is 4.56. The molecule has 0 aromatic heterocycles. The number of anilines is 1. The number of hydrogen-bond acceptors (Lipinski definition) is 4. The van der Waals surface area contributed by atoms with Gasteiger partial charge in [0.25, 0.3) is 0 Å². The number of aryl methyl sites for hydroxylation is 1. The number of hydrogen-bond donors (Lipinski definition) is 1. The Labute approximate surface area is 119 Å². The first-order chi connectivity index (χ1) is 9.56. The van der Waals surface area contributed by atoms with Crippen LogP contribution in [-0.2, 0) is 14.3 Å². The van der Waals surface area contributed by atoms with Gasteiger partial charge in [0.2, 0.25) is 5.91 Å². The van der Waals surface area contributed by atoms with E-state index in [2.05, 4.69) is 10.1 Å². The van der Waals surface area contributed by atoms with Crippen LogP contribution in [0.25, 0.3) is 0 Å². The summed E-state index contributed by atoms with van der Waals surface area (Å²) in [6, 6.07) is 7.64. The van der Waals surface area contributed by atoms with Gasteiger partial charge in [-0.15, -0.1) is 0 Å². The number of nitrogens with zero attached hydrogens (tertiary/aromatic N) is 1. The van der Waals surface area contributed by atoms with E-state index in [4.69, 9.17) is 0 Å². The van der Waals surface area contributed by atoms with Gasteiger partial charge in [-0.1, -0.05) is 25.1 Å². The predicted octanol–water partition coefficient (Wildman–Crippen LogP) is 1.82. The summed E-state index contributed by atoms with van der Waals surface area (Å²) in [4.78, 5) is 25.0. The molecule has 0 bridgehead atoms. The number of carbonyl (C=O) groups is 2. The largest absolute Gasteiger partial charge is 0.469 e. The number of amides is 1. The highest BCUT2D eigenvalue weighted by Gasteiger charge is 2.11. The standard InChI is InChI=1S/C15H22N2O3/c1-4-17(10-9-15(19)20-3)11-14(18)16-13-8-6-5-7-12(13)2/h5-8H,4,9-11H2,1-3H3,(H,16,18). The Hall–Kier alpha value is -1.88. The fourth-order valence-corrected chi connectivity index (χ4v) is 1.81. The lowest BCUT2D eigenvalue weighted by molar-refractivity contribution is -0.141. The summed E-state index contributed by atoms with van der Waals surface area (Å²) in [6.07, 6.45) is 0.294. The van der Waals surface area contributed by atoms with Gasteiger partial charge >= 0.3 is 5.97 Å². The molecule has 0 saturated carbocycles. The van der Waals surface area contributed by atoms with Gasteiger partial charge in [0.05, 0.1) is 20.1 Å². The molecule has 1 rings (SSSR count). The second kappa shape index (κ2) is 8.32. The zero-order valence-electron chi connectivity index (χ0n) is 12.3. The molecule has 0 aliphatic heterocycles. The smallest absolute Gasteiger partial charge is 0.306 e. The molecule has 1 aromatic carbocycles. The first-order valence-electron chi connectivity index (χ1n) is 6.71. The Balaban J connectivity index is 2.47. The van der Waals surface area contributed by atoms with Crippen molar-refractivity contribution in [3.8, 4) is 0 Å². The molecular formula is C15H22N2O3. The number of carbonyl (C=O) groups excluding carboxylic acids is 2. The van der Waals surface area contributed by atoms with E-state index in [1.54, 1.807) is 0 Å².